The van der Waals surface area contributed by atoms with E-state index in [1.165, 1.54) is 12.1 Å². The van der Waals surface area contributed by atoms with Gasteiger partial charge in [0.05, 0.1) is 6.04 Å². The van der Waals surface area contributed by atoms with Gasteiger partial charge in [0.15, 0.2) is 0 Å². The Bertz CT molecular complexity index is 710. The molecule has 0 saturated carbocycles. The normalized spacial score (nSPS) is 17.6. The first-order valence-corrected chi connectivity index (χ1v) is 8.13. The van der Waals surface area contributed by atoms with Crippen molar-refractivity contribution in [1.82, 2.24) is 15.1 Å². The maximum absolute atomic E-state index is 13.2. The smallest absolute Gasteiger partial charge is 0.233 e. The van der Waals surface area contributed by atoms with Crippen LogP contribution in [0.15, 0.2) is 28.7 Å². The zero-order chi connectivity index (χ0) is 17.1. The highest BCUT2D eigenvalue weighted by atomic mass is 19.1. The van der Waals surface area contributed by atoms with Crippen LogP contribution in [0.4, 0.5) is 10.1 Å². The number of nitrogens with one attached hydrogen (secondary N) is 1. The molecular weight excluding hydrogens is 311 g/mol. The molecule has 1 aromatic carbocycles. The van der Waals surface area contributed by atoms with E-state index in [0.29, 0.717) is 17.5 Å². The molecule has 1 amide bonds. The van der Waals surface area contributed by atoms with Crippen molar-refractivity contribution in [2.75, 3.05) is 18.4 Å². The van der Waals surface area contributed by atoms with Gasteiger partial charge in [-0.3, -0.25) is 9.69 Å². The third-order valence-electron chi connectivity index (χ3n) is 4.44. The van der Waals surface area contributed by atoms with Crippen LogP contribution < -0.4 is 5.32 Å². The molecule has 1 fully saturated rings. The van der Waals surface area contributed by atoms with Crippen LogP contribution in [0.1, 0.15) is 37.6 Å². The van der Waals surface area contributed by atoms with E-state index in [1.807, 2.05) is 6.92 Å². The fourth-order valence-corrected chi connectivity index (χ4v) is 3.00. The third kappa shape index (κ3) is 3.79. The summed E-state index contributed by atoms with van der Waals surface area (Å²) in [5.74, 6) is 0.686. The summed E-state index contributed by atoms with van der Waals surface area (Å²) in [6, 6.07) is 6.00. The van der Waals surface area contributed by atoms with Gasteiger partial charge in [-0.2, -0.15) is 0 Å². The molecule has 2 heterocycles. The second kappa shape index (κ2) is 7.09. The molecule has 3 rings (SSSR count). The van der Waals surface area contributed by atoms with E-state index < -0.39 is 0 Å². The minimum atomic E-state index is -0.355. The number of rotatable bonds is 4. The van der Waals surface area contributed by atoms with Gasteiger partial charge in [-0.25, -0.2) is 4.39 Å². The average Bonchev–Trinajstić information content (AvgIpc) is 3.01. The molecule has 0 radical (unpaired) electrons. The number of amides is 1. The van der Waals surface area contributed by atoms with Crippen molar-refractivity contribution in [3.63, 3.8) is 0 Å². The van der Waals surface area contributed by atoms with Crippen molar-refractivity contribution in [2.24, 2.45) is 5.92 Å². The van der Waals surface area contributed by atoms with Crippen LogP contribution >= 0.6 is 0 Å². The maximum Gasteiger partial charge on any atom is 0.233 e. The molecule has 1 unspecified atom stereocenters. The molecule has 1 aliphatic heterocycles. The van der Waals surface area contributed by atoms with E-state index in [2.05, 4.69) is 20.4 Å². The minimum absolute atomic E-state index is 0.0402. The van der Waals surface area contributed by atoms with Gasteiger partial charge in [0.2, 0.25) is 17.7 Å². The molecule has 1 atom stereocenters. The molecule has 0 spiro atoms. The summed E-state index contributed by atoms with van der Waals surface area (Å²) in [7, 11) is 0. The zero-order valence-electron chi connectivity index (χ0n) is 13.8. The number of anilines is 1. The highest BCUT2D eigenvalue weighted by Crippen LogP contribution is 2.26. The van der Waals surface area contributed by atoms with Crippen molar-refractivity contribution >= 4 is 11.6 Å². The van der Waals surface area contributed by atoms with E-state index in [-0.39, 0.29) is 23.7 Å². The second-order valence-corrected chi connectivity index (χ2v) is 6.15. The van der Waals surface area contributed by atoms with Crippen molar-refractivity contribution in [1.29, 1.82) is 0 Å². The molecule has 0 bridgehead atoms. The van der Waals surface area contributed by atoms with Crippen LogP contribution in [0.5, 0.6) is 0 Å². The Balaban J connectivity index is 1.53. The zero-order valence-corrected chi connectivity index (χ0v) is 13.8. The highest BCUT2D eigenvalue weighted by molar-refractivity contribution is 5.92. The number of aromatic nitrogens is 2. The molecule has 24 heavy (non-hydrogen) atoms. The average molecular weight is 332 g/mol. The number of carbonyl (C=O) groups excluding carboxylic acids is 1. The Kier molecular flexibility index (Phi) is 4.89. The Labute approximate surface area is 140 Å². The molecule has 7 heteroatoms. The Hall–Kier alpha value is -2.28. The molecule has 1 saturated heterocycles. The third-order valence-corrected chi connectivity index (χ3v) is 4.44. The Morgan fingerprint density at radius 2 is 2.12 bits per heavy atom. The van der Waals surface area contributed by atoms with Gasteiger partial charge < -0.3 is 9.73 Å². The quantitative estimate of drug-likeness (QED) is 0.932. The Morgan fingerprint density at radius 3 is 2.75 bits per heavy atom. The summed E-state index contributed by atoms with van der Waals surface area (Å²) < 4.78 is 18.7. The maximum atomic E-state index is 13.2. The summed E-state index contributed by atoms with van der Waals surface area (Å²) in [6.07, 6.45) is 1.50. The fraction of sp³-hybridized carbons (Fsp3) is 0.471. The molecule has 0 aliphatic carbocycles. The van der Waals surface area contributed by atoms with Crippen LogP contribution in [-0.2, 0) is 4.79 Å². The van der Waals surface area contributed by atoms with Gasteiger partial charge in [-0.15, -0.1) is 10.2 Å². The van der Waals surface area contributed by atoms with E-state index in [0.717, 1.165) is 25.9 Å². The molecule has 1 aromatic heterocycles. The number of hydrogen-bond donors (Lipinski definition) is 1. The monoisotopic (exact) mass is 332 g/mol. The lowest BCUT2D eigenvalue weighted by Gasteiger charge is -2.33. The van der Waals surface area contributed by atoms with Crippen molar-refractivity contribution < 1.29 is 13.6 Å². The van der Waals surface area contributed by atoms with Crippen molar-refractivity contribution in [3.8, 4) is 0 Å². The van der Waals surface area contributed by atoms with E-state index >= 15 is 0 Å². The van der Waals surface area contributed by atoms with E-state index in [1.54, 1.807) is 19.1 Å². The summed E-state index contributed by atoms with van der Waals surface area (Å²) in [5, 5.41) is 10.7. The van der Waals surface area contributed by atoms with Crippen LogP contribution in [0.2, 0.25) is 0 Å². The number of benzene rings is 1. The first-order valence-electron chi connectivity index (χ1n) is 8.13. The van der Waals surface area contributed by atoms with Gasteiger partial charge in [0.1, 0.15) is 5.82 Å². The number of piperidine rings is 1. The lowest BCUT2D eigenvalue weighted by Crippen LogP contribution is -2.39. The first kappa shape index (κ1) is 16.6. The number of carbonyl (C=O) groups is 1. The lowest BCUT2D eigenvalue weighted by atomic mass is 9.95. The topological polar surface area (TPSA) is 71.3 Å². The van der Waals surface area contributed by atoms with Crippen molar-refractivity contribution in [3.05, 3.63) is 41.9 Å². The Morgan fingerprint density at radius 1 is 1.38 bits per heavy atom. The summed E-state index contributed by atoms with van der Waals surface area (Å²) in [5.41, 5.74) is 0.497. The molecule has 128 valence electrons. The van der Waals surface area contributed by atoms with Crippen LogP contribution in [0.25, 0.3) is 0 Å². The van der Waals surface area contributed by atoms with Gasteiger partial charge in [0.25, 0.3) is 0 Å². The number of nitrogens with zero attached hydrogens (tertiary/aromatic N) is 3. The van der Waals surface area contributed by atoms with Gasteiger partial charge in [-0.1, -0.05) is 6.07 Å². The SMILES string of the molecule is Cc1nnc(C(C)N2CCC(C(=O)Nc3cccc(F)c3)CC2)o1. The van der Waals surface area contributed by atoms with Crippen LogP contribution in [0, 0.1) is 18.7 Å². The number of aryl methyl sites for hydroxylation is 1. The first-order chi connectivity index (χ1) is 11.5. The summed E-state index contributed by atoms with van der Waals surface area (Å²) in [4.78, 5) is 14.6. The fourth-order valence-electron chi connectivity index (χ4n) is 3.00. The second-order valence-electron chi connectivity index (χ2n) is 6.15. The number of likely N-dealkylation sites (tertiary alicyclic amines) is 1. The predicted octanol–water partition coefficient (Wildman–Crippen LogP) is 2.93. The van der Waals surface area contributed by atoms with Gasteiger partial charge in [-0.05, 0) is 51.1 Å². The summed E-state index contributed by atoms with van der Waals surface area (Å²) >= 11 is 0. The van der Waals surface area contributed by atoms with Gasteiger partial charge in [0, 0.05) is 18.5 Å². The standard InChI is InChI=1S/C17H21FN4O2/c1-11(17-21-20-12(2)24-17)22-8-6-13(7-9-22)16(23)19-15-5-3-4-14(18)10-15/h3-5,10-11,13H,6-9H2,1-2H3,(H,19,23). The largest absolute Gasteiger partial charge is 0.424 e. The minimum Gasteiger partial charge on any atom is -0.424 e. The molecule has 1 N–H and O–H groups in total. The highest BCUT2D eigenvalue weighted by Gasteiger charge is 2.29. The molecule has 2 aromatic rings. The van der Waals surface area contributed by atoms with Crippen molar-refractivity contribution in [2.45, 2.75) is 32.7 Å². The number of hydrogen-bond acceptors (Lipinski definition) is 5. The lowest BCUT2D eigenvalue weighted by molar-refractivity contribution is -0.121. The van der Waals surface area contributed by atoms with E-state index in [9.17, 15) is 9.18 Å². The van der Waals surface area contributed by atoms with Crippen LogP contribution in [0.3, 0.4) is 0 Å². The molecule has 6 nitrogen and oxygen atoms in total. The summed E-state index contributed by atoms with van der Waals surface area (Å²) in [6.45, 7) is 5.36. The van der Waals surface area contributed by atoms with E-state index in [4.69, 9.17) is 4.42 Å². The predicted molar refractivity (Wildman–Crippen MR) is 86.8 cm³/mol. The molecular formula is C17H21FN4O2. The van der Waals surface area contributed by atoms with Crippen LogP contribution in [-0.4, -0.2) is 34.1 Å². The number of halogens is 1. The van der Waals surface area contributed by atoms with Gasteiger partial charge >= 0.3 is 0 Å². The molecule has 1 aliphatic rings.